The van der Waals surface area contributed by atoms with Gasteiger partial charge in [-0.25, -0.2) is 0 Å². The largest absolute Gasteiger partial charge is 0.379 e. The summed E-state index contributed by atoms with van der Waals surface area (Å²) in [5, 5.41) is 0.790. The predicted octanol–water partition coefficient (Wildman–Crippen LogP) is 3.23. The summed E-state index contributed by atoms with van der Waals surface area (Å²) in [5.41, 5.74) is 1.14. The molecule has 0 radical (unpaired) electrons. The Hall–Kier alpha value is -2.91. The van der Waals surface area contributed by atoms with Gasteiger partial charge in [-0.3, -0.25) is 24.2 Å². The summed E-state index contributed by atoms with van der Waals surface area (Å²) in [6.07, 6.45) is 0. The Morgan fingerprint density at radius 3 is 1.89 bits per heavy atom. The van der Waals surface area contributed by atoms with Gasteiger partial charge < -0.3 is 14.0 Å². The zero-order valence-corrected chi connectivity index (χ0v) is 23.0. The quantitative estimate of drug-likeness (QED) is 0.365. The third kappa shape index (κ3) is 4.49. The molecule has 0 atom stereocenters. The summed E-state index contributed by atoms with van der Waals surface area (Å²) in [6, 6.07) is 11.0. The highest BCUT2D eigenvalue weighted by atomic mass is 16.5. The Morgan fingerprint density at radius 2 is 1.32 bits per heavy atom. The number of nitrogens with zero attached hydrogens (tertiary/aromatic N) is 3. The number of hydrogen-bond donors (Lipinski definition) is 0. The molecule has 1 aliphatic carbocycles. The van der Waals surface area contributed by atoms with E-state index in [4.69, 9.17) is 9.47 Å². The van der Waals surface area contributed by atoms with E-state index in [2.05, 4.69) is 9.80 Å². The molecular weight excluding hydrogens is 482 g/mol. The molecule has 4 aliphatic rings. The molecule has 3 heterocycles. The Balaban J connectivity index is 1.55. The van der Waals surface area contributed by atoms with Gasteiger partial charge in [-0.05, 0) is 69.5 Å². The number of morpholine rings is 2. The molecule has 5 rings (SSSR count). The molecule has 0 aromatic heterocycles. The molecule has 2 saturated heterocycles. The number of aromatic nitrogens is 1. The maximum absolute atomic E-state index is 13.7. The first kappa shape index (κ1) is 26.7. The van der Waals surface area contributed by atoms with Crippen molar-refractivity contribution < 1.29 is 19.1 Å². The highest BCUT2D eigenvalue weighted by molar-refractivity contribution is 6.06. The zero-order chi connectivity index (χ0) is 27.2. The Morgan fingerprint density at radius 1 is 0.763 bits per heavy atom. The van der Waals surface area contributed by atoms with Crippen LogP contribution in [0.25, 0.3) is 22.2 Å². The minimum Gasteiger partial charge on any atom is -0.379 e. The summed E-state index contributed by atoms with van der Waals surface area (Å²) in [7, 11) is 1.91. The van der Waals surface area contributed by atoms with E-state index in [1.807, 2.05) is 69.6 Å². The van der Waals surface area contributed by atoms with E-state index in [0.717, 1.165) is 16.6 Å². The van der Waals surface area contributed by atoms with Gasteiger partial charge in [-0.15, -0.1) is 0 Å². The fourth-order valence-corrected chi connectivity index (χ4v) is 5.82. The minimum absolute atomic E-state index is 0.0302. The molecule has 1 aromatic carbocycles. The van der Waals surface area contributed by atoms with Crippen LogP contribution >= 0.6 is 0 Å². The second-order valence-corrected chi connectivity index (χ2v) is 11.3. The molecule has 0 unspecified atom stereocenters. The number of pyridine rings is 1. The van der Waals surface area contributed by atoms with Crippen LogP contribution in [0.5, 0.6) is 0 Å². The van der Waals surface area contributed by atoms with Crippen LogP contribution in [0.2, 0.25) is 0 Å². The van der Waals surface area contributed by atoms with Crippen LogP contribution in [0.4, 0.5) is 0 Å². The fourth-order valence-electron chi connectivity index (χ4n) is 5.82. The lowest BCUT2D eigenvalue weighted by atomic mass is 9.88. The number of rotatable bonds is 6. The maximum atomic E-state index is 13.7. The molecule has 1 aromatic rings. The van der Waals surface area contributed by atoms with Crippen molar-refractivity contribution >= 4 is 22.5 Å². The Labute approximate surface area is 223 Å². The van der Waals surface area contributed by atoms with E-state index >= 15 is 0 Å². The number of carbonyl (C=O) groups excluding carboxylic acids is 2. The van der Waals surface area contributed by atoms with Crippen LogP contribution in [0.1, 0.15) is 48.4 Å². The average molecular weight is 520 g/mol. The Bertz CT molecular complexity index is 1410. The summed E-state index contributed by atoms with van der Waals surface area (Å²) in [6.45, 7) is 12.8. The molecule has 0 N–H and O–H groups in total. The molecular formula is C30H37N3O5. The van der Waals surface area contributed by atoms with Gasteiger partial charge in [0.05, 0.1) is 48.8 Å². The van der Waals surface area contributed by atoms with E-state index < -0.39 is 11.1 Å². The predicted molar refractivity (Wildman–Crippen MR) is 147 cm³/mol. The van der Waals surface area contributed by atoms with E-state index in [1.165, 1.54) is 0 Å². The third-order valence-electron chi connectivity index (χ3n) is 8.44. The van der Waals surface area contributed by atoms with E-state index in [1.54, 1.807) is 6.07 Å². The van der Waals surface area contributed by atoms with Crippen molar-refractivity contribution in [1.82, 2.24) is 14.4 Å². The Kier molecular flexibility index (Phi) is 7.02. The van der Waals surface area contributed by atoms with Crippen LogP contribution in [0, 0.1) is 0 Å². The van der Waals surface area contributed by atoms with E-state index in [-0.39, 0.29) is 22.6 Å². The molecule has 3 aliphatic heterocycles. The second-order valence-electron chi connectivity index (χ2n) is 11.3. The first-order valence-electron chi connectivity index (χ1n) is 13.3. The number of Topliss-reactive ketones (excluding diaryl/α,β-unsaturated/α-hetero) is 2. The number of ether oxygens (including phenoxy) is 2. The normalized spacial score (nSPS) is 18.2. The van der Waals surface area contributed by atoms with Crippen LogP contribution in [-0.4, -0.2) is 89.6 Å². The summed E-state index contributed by atoms with van der Waals surface area (Å²) in [4.78, 5) is 45.2. The summed E-state index contributed by atoms with van der Waals surface area (Å²) < 4.78 is 12.9. The zero-order valence-electron chi connectivity index (χ0n) is 23.0. The molecule has 0 bridgehead atoms. The molecule has 8 nitrogen and oxygen atoms in total. The van der Waals surface area contributed by atoms with Gasteiger partial charge >= 0.3 is 0 Å². The van der Waals surface area contributed by atoms with Crippen molar-refractivity contribution in [2.45, 2.75) is 38.8 Å². The van der Waals surface area contributed by atoms with Crippen molar-refractivity contribution in [3.8, 4) is 11.3 Å². The first-order valence-corrected chi connectivity index (χ1v) is 13.3. The topological polar surface area (TPSA) is 81.1 Å². The maximum Gasteiger partial charge on any atom is 0.198 e. The number of aryl methyl sites for hydroxylation is 1. The number of carbonyl (C=O) groups is 2. The number of benzene rings is 2. The standard InChI is InChI=1S/C30H37N3O5/c1-29(2,32-10-14-37-15-11-32)27(35)20-6-8-24-21(18-20)19-23-25(31(24)5)9-7-22(26(23)34)28(36)30(3,4)33-12-16-38-17-13-33/h6-9,18-19H,10-17H2,1-5H3. The van der Waals surface area contributed by atoms with Gasteiger partial charge in [-0.2, -0.15) is 0 Å². The second kappa shape index (κ2) is 10.0. The van der Waals surface area contributed by atoms with Crippen molar-refractivity contribution in [3.63, 3.8) is 0 Å². The summed E-state index contributed by atoms with van der Waals surface area (Å²) >= 11 is 0. The lowest BCUT2D eigenvalue weighted by Gasteiger charge is -2.39. The van der Waals surface area contributed by atoms with Crippen LogP contribution in [-0.2, 0) is 16.5 Å². The first-order chi connectivity index (χ1) is 18.0. The minimum atomic E-state index is -0.819. The van der Waals surface area contributed by atoms with Crippen molar-refractivity contribution in [3.05, 3.63) is 57.7 Å². The molecule has 38 heavy (non-hydrogen) atoms. The van der Waals surface area contributed by atoms with Crippen molar-refractivity contribution in [2.75, 3.05) is 52.6 Å². The molecule has 8 heteroatoms. The lowest BCUT2D eigenvalue weighted by molar-refractivity contribution is -0.00444. The SMILES string of the molecule is Cn1c2ccc(C(=O)C(C)(C)N3CCOCC3)c(=O)c-2cc2cc(C(=O)C(C)(C)N3CCOCC3)ccc21. The molecule has 202 valence electrons. The highest BCUT2D eigenvalue weighted by Gasteiger charge is 2.38. The lowest BCUT2D eigenvalue weighted by Crippen LogP contribution is -2.55. The van der Waals surface area contributed by atoms with Crippen molar-refractivity contribution in [1.29, 1.82) is 0 Å². The number of fused-ring (bicyclic) bond motifs is 2. The van der Waals surface area contributed by atoms with Crippen LogP contribution < -0.4 is 5.43 Å². The van der Waals surface area contributed by atoms with Gasteiger partial charge in [0.2, 0.25) is 0 Å². The van der Waals surface area contributed by atoms with Crippen molar-refractivity contribution in [2.24, 2.45) is 7.05 Å². The van der Waals surface area contributed by atoms with E-state index in [9.17, 15) is 14.4 Å². The van der Waals surface area contributed by atoms with Gasteiger partial charge in [0, 0.05) is 49.9 Å². The monoisotopic (exact) mass is 519 g/mol. The fraction of sp³-hybridized carbons (Fsp3) is 0.500. The van der Waals surface area contributed by atoms with Gasteiger partial charge in [0.1, 0.15) is 0 Å². The molecule has 0 amide bonds. The number of hydrogen-bond acceptors (Lipinski definition) is 7. The molecule has 2 fully saturated rings. The van der Waals surface area contributed by atoms with Crippen LogP contribution in [0.15, 0.2) is 41.2 Å². The number of ketones is 2. The highest BCUT2D eigenvalue weighted by Crippen LogP contribution is 2.30. The molecule has 0 saturated carbocycles. The van der Waals surface area contributed by atoms with Crippen LogP contribution in [0.3, 0.4) is 0 Å². The van der Waals surface area contributed by atoms with Gasteiger partial charge in [0.15, 0.2) is 17.0 Å². The summed E-state index contributed by atoms with van der Waals surface area (Å²) in [5.74, 6) is -0.159. The molecule has 0 spiro atoms. The average Bonchev–Trinajstić information content (AvgIpc) is 2.93. The third-order valence-corrected chi connectivity index (χ3v) is 8.44. The van der Waals surface area contributed by atoms with Gasteiger partial charge in [0.25, 0.3) is 0 Å². The van der Waals surface area contributed by atoms with E-state index in [0.29, 0.717) is 63.7 Å². The van der Waals surface area contributed by atoms with Gasteiger partial charge in [-0.1, -0.05) is 0 Å². The smallest absolute Gasteiger partial charge is 0.198 e.